The summed E-state index contributed by atoms with van der Waals surface area (Å²) in [6.45, 7) is 4.86. The van der Waals surface area contributed by atoms with Crippen LogP contribution in [0.3, 0.4) is 0 Å². The first-order chi connectivity index (χ1) is 15.7. The Hall–Kier alpha value is -2.32. The third-order valence-electron chi connectivity index (χ3n) is 5.10. The molecular formula is C20H26N4O6S3. The maximum atomic E-state index is 12.7. The molecule has 0 bridgehead atoms. The highest BCUT2D eigenvalue weighted by atomic mass is 32.2. The molecule has 0 saturated carbocycles. The van der Waals surface area contributed by atoms with Gasteiger partial charge in [0.15, 0.2) is 0 Å². The summed E-state index contributed by atoms with van der Waals surface area (Å²) in [6, 6.07) is 3.28. The minimum atomic E-state index is -3.52. The van der Waals surface area contributed by atoms with Crippen LogP contribution in [-0.2, 0) is 19.6 Å². The minimum Gasteiger partial charge on any atom is -0.462 e. The molecule has 1 saturated heterocycles. The number of carbonyl (C=O) groups is 3. The number of carbonyl (C=O) groups excluding carboxylic acids is 3. The van der Waals surface area contributed by atoms with Crippen molar-refractivity contribution in [3.63, 3.8) is 0 Å². The van der Waals surface area contributed by atoms with Gasteiger partial charge in [-0.15, -0.1) is 22.7 Å². The van der Waals surface area contributed by atoms with E-state index in [0.29, 0.717) is 27.7 Å². The largest absolute Gasteiger partial charge is 0.462 e. The minimum absolute atomic E-state index is 0.0292. The topological polar surface area (TPSA) is 125 Å². The Morgan fingerprint density at radius 2 is 1.88 bits per heavy atom. The van der Waals surface area contributed by atoms with Crippen molar-refractivity contribution in [1.82, 2.24) is 14.5 Å². The number of anilines is 1. The molecule has 13 heteroatoms. The maximum absolute atomic E-state index is 12.7. The van der Waals surface area contributed by atoms with E-state index in [1.807, 2.05) is 4.90 Å². The number of nitrogens with zero attached hydrogens (tertiary/aromatic N) is 2. The Balaban J connectivity index is 1.65. The summed E-state index contributed by atoms with van der Waals surface area (Å²) in [5.41, 5.74) is 0.612. The van der Waals surface area contributed by atoms with E-state index in [0.717, 1.165) is 11.3 Å². The van der Waals surface area contributed by atoms with Gasteiger partial charge in [0, 0.05) is 33.2 Å². The average molecular weight is 515 g/mol. The third kappa shape index (κ3) is 5.61. The molecular weight excluding hydrogens is 488 g/mol. The lowest BCUT2D eigenvalue weighted by molar-refractivity contribution is -0.117. The van der Waals surface area contributed by atoms with Gasteiger partial charge in [0.2, 0.25) is 5.91 Å². The van der Waals surface area contributed by atoms with Crippen molar-refractivity contribution in [1.29, 1.82) is 0 Å². The van der Waals surface area contributed by atoms with Crippen LogP contribution in [0.2, 0.25) is 0 Å². The molecule has 0 spiro atoms. The Kier molecular flexibility index (Phi) is 8.23. The number of thiophene rings is 2. The van der Waals surface area contributed by atoms with Gasteiger partial charge in [-0.05, 0) is 30.9 Å². The standard InChI is InChI=1S/C20H26N4O6S3/c1-4-30-20(27)16-13(2)17(18(26)21-3)32-19(16)22-14(25)12-23-7-9-24(10-8-23)33(28,29)15-6-5-11-31-15/h5-6,11H,4,7-10,12H2,1-3H3,(H,21,26)(H,22,25). The van der Waals surface area contributed by atoms with E-state index in [2.05, 4.69) is 10.6 Å². The summed E-state index contributed by atoms with van der Waals surface area (Å²) in [5, 5.41) is 7.23. The Morgan fingerprint density at radius 1 is 1.18 bits per heavy atom. The van der Waals surface area contributed by atoms with Crippen LogP contribution in [0.15, 0.2) is 21.7 Å². The van der Waals surface area contributed by atoms with Gasteiger partial charge >= 0.3 is 5.97 Å². The number of rotatable bonds is 8. The highest BCUT2D eigenvalue weighted by molar-refractivity contribution is 7.91. The molecule has 1 fully saturated rings. The first-order valence-corrected chi connectivity index (χ1v) is 13.4. The van der Waals surface area contributed by atoms with Crippen molar-refractivity contribution in [2.45, 2.75) is 18.1 Å². The molecule has 2 aromatic rings. The highest BCUT2D eigenvalue weighted by Crippen LogP contribution is 2.34. The van der Waals surface area contributed by atoms with Crippen LogP contribution in [0.1, 0.15) is 32.5 Å². The van der Waals surface area contributed by atoms with Crippen molar-refractivity contribution in [3.05, 3.63) is 33.5 Å². The molecule has 3 rings (SSSR count). The normalized spacial score (nSPS) is 15.2. The molecule has 0 atom stereocenters. The fraction of sp³-hybridized carbons (Fsp3) is 0.450. The van der Waals surface area contributed by atoms with Crippen molar-refractivity contribution in [2.75, 3.05) is 51.7 Å². The van der Waals surface area contributed by atoms with Crippen LogP contribution < -0.4 is 10.6 Å². The van der Waals surface area contributed by atoms with Crippen molar-refractivity contribution in [3.8, 4) is 0 Å². The van der Waals surface area contributed by atoms with E-state index in [9.17, 15) is 22.8 Å². The Labute approximate surface area is 200 Å². The molecule has 0 aromatic carbocycles. The van der Waals surface area contributed by atoms with Crippen molar-refractivity contribution in [2.24, 2.45) is 0 Å². The van der Waals surface area contributed by atoms with Gasteiger partial charge in [-0.3, -0.25) is 14.5 Å². The molecule has 10 nitrogen and oxygen atoms in total. The molecule has 2 aromatic heterocycles. The lowest BCUT2D eigenvalue weighted by atomic mass is 10.1. The second kappa shape index (κ2) is 10.7. The zero-order valence-electron chi connectivity index (χ0n) is 18.5. The zero-order chi connectivity index (χ0) is 24.2. The van der Waals surface area contributed by atoms with E-state index in [4.69, 9.17) is 4.74 Å². The molecule has 0 aliphatic carbocycles. The molecule has 0 unspecified atom stereocenters. The predicted octanol–water partition coefficient (Wildman–Crippen LogP) is 1.60. The van der Waals surface area contributed by atoms with Gasteiger partial charge in [0.1, 0.15) is 9.21 Å². The van der Waals surface area contributed by atoms with Crippen LogP contribution in [0, 0.1) is 6.92 Å². The number of hydrogen-bond donors (Lipinski definition) is 2. The van der Waals surface area contributed by atoms with Crippen LogP contribution in [0.4, 0.5) is 5.00 Å². The molecule has 2 N–H and O–H groups in total. The number of sulfonamides is 1. The second-order valence-corrected chi connectivity index (χ2v) is 11.4. The second-order valence-electron chi connectivity index (χ2n) is 7.22. The fourth-order valence-corrected chi connectivity index (χ4v) is 7.14. The third-order valence-corrected chi connectivity index (χ3v) is 9.58. The maximum Gasteiger partial charge on any atom is 0.341 e. The summed E-state index contributed by atoms with van der Waals surface area (Å²) < 4.78 is 32.1. The summed E-state index contributed by atoms with van der Waals surface area (Å²) >= 11 is 2.19. The van der Waals surface area contributed by atoms with Gasteiger partial charge in [-0.1, -0.05) is 6.07 Å². The number of amides is 2. The van der Waals surface area contributed by atoms with Gasteiger partial charge in [-0.25, -0.2) is 13.2 Å². The van der Waals surface area contributed by atoms with Crippen LogP contribution in [0.25, 0.3) is 0 Å². The quantitative estimate of drug-likeness (QED) is 0.513. The Morgan fingerprint density at radius 3 is 2.45 bits per heavy atom. The summed E-state index contributed by atoms with van der Waals surface area (Å²) in [6.07, 6.45) is 0. The monoisotopic (exact) mass is 514 g/mol. The zero-order valence-corrected chi connectivity index (χ0v) is 21.0. The first kappa shape index (κ1) is 25.3. The number of nitrogens with one attached hydrogen (secondary N) is 2. The smallest absolute Gasteiger partial charge is 0.341 e. The lowest BCUT2D eigenvalue weighted by Gasteiger charge is -2.33. The molecule has 33 heavy (non-hydrogen) atoms. The highest BCUT2D eigenvalue weighted by Gasteiger charge is 2.30. The first-order valence-electron chi connectivity index (χ1n) is 10.3. The molecule has 3 heterocycles. The number of hydrogen-bond acceptors (Lipinski definition) is 9. The van der Waals surface area contributed by atoms with Crippen molar-refractivity contribution >= 4 is 55.5 Å². The van der Waals surface area contributed by atoms with E-state index >= 15 is 0 Å². The molecule has 0 radical (unpaired) electrons. The van der Waals surface area contributed by atoms with Gasteiger partial charge in [0.25, 0.3) is 15.9 Å². The van der Waals surface area contributed by atoms with E-state index in [1.54, 1.807) is 31.4 Å². The number of piperazine rings is 1. The van der Waals surface area contributed by atoms with E-state index < -0.39 is 16.0 Å². The molecule has 180 valence electrons. The van der Waals surface area contributed by atoms with E-state index in [1.165, 1.54) is 22.7 Å². The SMILES string of the molecule is CCOC(=O)c1c(NC(=O)CN2CCN(S(=O)(=O)c3cccs3)CC2)sc(C(=O)NC)c1C. The van der Waals surface area contributed by atoms with Gasteiger partial charge in [0.05, 0.1) is 23.6 Å². The molecule has 2 amide bonds. The summed E-state index contributed by atoms with van der Waals surface area (Å²) in [5.74, 6) is -1.32. The van der Waals surface area contributed by atoms with Crippen LogP contribution >= 0.6 is 22.7 Å². The number of esters is 1. The van der Waals surface area contributed by atoms with Crippen molar-refractivity contribution < 1.29 is 27.5 Å². The van der Waals surface area contributed by atoms with E-state index in [-0.39, 0.29) is 48.6 Å². The molecule has 1 aliphatic rings. The number of ether oxygens (including phenoxy) is 1. The molecule has 1 aliphatic heterocycles. The predicted molar refractivity (Wildman–Crippen MR) is 127 cm³/mol. The van der Waals surface area contributed by atoms with Crippen LogP contribution in [-0.4, -0.2) is 81.8 Å². The summed E-state index contributed by atoms with van der Waals surface area (Å²) in [7, 11) is -2.03. The fourth-order valence-electron chi connectivity index (χ4n) is 3.42. The average Bonchev–Trinajstić information content (AvgIpc) is 3.43. The lowest BCUT2D eigenvalue weighted by Crippen LogP contribution is -2.50. The Bertz CT molecular complexity index is 1120. The van der Waals surface area contributed by atoms with Crippen LogP contribution in [0.5, 0.6) is 0 Å². The van der Waals surface area contributed by atoms with Gasteiger partial charge < -0.3 is 15.4 Å². The van der Waals surface area contributed by atoms with Gasteiger partial charge in [-0.2, -0.15) is 4.31 Å². The summed E-state index contributed by atoms with van der Waals surface area (Å²) in [4.78, 5) is 39.5.